The highest BCUT2D eigenvalue weighted by atomic mass is 32.2. The van der Waals surface area contributed by atoms with Gasteiger partial charge in [0.25, 0.3) is 0 Å². The Morgan fingerprint density at radius 3 is 2.72 bits per heavy atom. The first-order valence-corrected chi connectivity index (χ1v) is 10.2. The van der Waals surface area contributed by atoms with Crippen LogP contribution in [0.15, 0.2) is 9.42 Å². The van der Waals surface area contributed by atoms with Crippen LogP contribution in [0.25, 0.3) is 0 Å². The van der Waals surface area contributed by atoms with Crippen molar-refractivity contribution in [2.24, 2.45) is 17.6 Å². The highest BCUT2D eigenvalue weighted by molar-refractivity contribution is 7.89. The fourth-order valence-electron chi connectivity index (χ4n) is 3.40. The topological polar surface area (TPSA) is 119 Å². The van der Waals surface area contributed by atoms with Crippen LogP contribution in [0.1, 0.15) is 37.1 Å². The molecule has 8 nitrogen and oxygen atoms in total. The van der Waals surface area contributed by atoms with Gasteiger partial charge in [0.2, 0.25) is 15.9 Å². The zero-order valence-electron chi connectivity index (χ0n) is 14.7. The third-order valence-corrected chi connectivity index (χ3v) is 7.17. The highest BCUT2D eigenvalue weighted by Gasteiger charge is 2.37. The fourth-order valence-corrected chi connectivity index (χ4v) is 5.22. The number of carbonyl (C=O) groups excluding carboxylic acids is 1. The summed E-state index contributed by atoms with van der Waals surface area (Å²) in [6.45, 7) is 4.22. The number of amides is 1. The number of piperidine rings is 1. The molecule has 1 aromatic rings. The molecule has 9 heteroatoms. The largest absolute Gasteiger partial charge is 0.360 e. The van der Waals surface area contributed by atoms with E-state index in [-0.39, 0.29) is 35.1 Å². The molecule has 1 aromatic heterocycles. The molecule has 140 valence electrons. The summed E-state index contributed by atoms with van der Waals surface area (Å²) in [6, 6.07) is -0.00493. The molecule has 2 aliphatic rings. The molecule has 1 saturated heterocycles. The van der Waals surface area contributed by atoms with Gasteiger partial charge >= 0.3 is 0 Å². The molecule has 1 saturated carbocycles. The second kappa shape index (κ2) is 7.05. The third-order valence-electron chi connectivity index (χ3n) is 5.06. The van der Waals surface area contributed by atoms with E-state index < -0.39 is 10.0 Å². The highest BCUT2D eigenvalue weighted by Crippen LogP contribution is 2.31. The van der Waals surface area contributed by atoms with Gasteiger partial charge < -0.3 is 15.6 Å². The summed E-state index contributed by atoms with van der Waals surface area (Å²) in [5, 5.41) is 6.62. The molecule has 0 radical (unpaired) electrons. The van der Waals surface area contributed by atoms with Gasteiger partial charge in [-0.3, -0.25) is 4.79 Å². The maximum atomic E-state index is 12.9. The summed E-state index contributed by atoms with van der Waals surface area (Å²) in [5.41, 5.74) is 6.36. The van der Waals surface area contributed by atoms with Crippen LogP contribution >= 0.6 is 0 Å². The van der Waals surface area contributed by atoms with E-state index in [1.54, 1.807) is 13.8 Å². The molecule has 3 rings (SSSR count). The molecule has 0 aromatic carbocycles. The van der Waals surface area contributed by atoms with Crippen molar-refractivity contribution in [3.63, 3.8) is 0 Å². The lowest BCUT2D eigenvalue weighted by Crippen LogP contribution is -2.47. The molecule has 3 N–H and O–H groups in total. The predicted octanol–water partition coefficient (Wildman–Crippen LogP) is 0.546. The van der Waals surface area contributed by atoms with Crippen molar-refractivity contribution in [1.29, 1.82) is 0 Å². The first-order valence-electron chi connectivity index (χ1n) is 8.77. The quantitative estimate of drug-likeness (QED) is 0.755. The summed E-state index contributed by atoms with van der Waals surface area (Å²) < 4.78 is 32.2. The van der Waals surface area contributed by atoms with E-state index in [4.69, 9.17) is 10.3 Å². The van der Waals surface area contributed by atoms with Crippen LogP contribution in [0.3, 0.4) is 0 Å². The average Bonchev–Trinajstić information content (AvgIpc) is 3.37. The van der Waals surface area contributed by atoms with Crippen molar-refractivity contribution in [2.75, 3.05) is 19.6 Å². The van der Waals surface area contributed by atoms with Crippen LogP contribution < -0.4 is 11.1 Å². The normalized spacial score (nSPS) is 23.4. The van der Waals surface area contributed by atoms with Gasteiger partial charge in [-0.1, -0.05) is 5.16 Å². The number of nitrogens with two attached hydrogens (primary N) is 1. The van der Waals surface area contributed by atoms with Crippen LogP contribution in [0, 0.1) is 25.7 Å². The van der Waals surface area contributed by atoms with Gasteiger partial charge in [0.1, 0.15) is 10.6 Å². The first kappa shape index (κ1) is 18.3. The zero-order valence-corrected chi connectivity index (χ0v) is 15.5. The summed E-state index contributed by atoms with van der Waals surface area (Å²) in [5.74, 6) is 0.327. The molecule has 2 fully saturated rings. The Morgan fingerprint density at radius 2 is 2.12 bits per heavy atom. The zero-order chi connectivity index (χ0) is 18.2. The summed E-state index contributed by atoms with van der Waals surface area (Å²) in [7, 11) is -3.71. The van der Waals surface area contributed by atoms with Gasteiger partial charge in [-0.15, -0.1) is 0 Å². The van der Waals surface area contributed by atoms with E-state index >= 15 is 0 Å². The lowest BCUT2D eigenvalue weighted by Gasteiger charge is -2.31. The summed E-state index contributed by atoms with van der Waals surface area (Å²) in [4.78, 5) is 12.5. The molecule has 1 amide bonds. The molecule has 0 bridgehead atoms. The number of aryl methyl sites for hydroxylation is 2. The van der Waals surface area contributed by atoms with Crippen molar-refractivity contribution < 1.29 is 17.7 Å². The summed E-state index contributed by atoms with van der Waals surface area (Å²) in [6.07, 6.45) is 3.58. The Labute approximate surface area is 148 Å². The maximum absolute atomic E-state index is 12.9. The number of hydrogen-bond donors (Lipinski definition) is 2. The van der Waals surface area contributed by atoms with Crippen LogP contribution in [0.5, 0.6) is 0 Å². The van der Waals surface area contributed by atoms with Crippen LogP contribution in [0.4, 0.5) is 0 Å². The van der Waals surface area contributed by atoms with Crippen molar-refractivity contribution >= 4 is 15.9 Å². The van der Waals surface area contributed by atoms with Crippen LogP contribution in [-0.4, -0.2) is 49.5 Å². The molecule has 0 spiro atoms. The fraction of sp³-hybridized carbons (Fsp3) is 0.750. The second-order valence-corrected chi connectivity index (χ2v) is 8.98. The second-order valence-electron chi connectivity index (χ2n) is 7.10. The van der Waals surface area contributed by atoms with Crippen molar-refractivity contribution in [3.8, 4) is 0 Å². The molecular weight excluding hydrogens is 344 g/mol. The minimum atomic E-state index is -3.71. The molecule has 1 aliphatic heterocycles. The van der Waals surface area contributed by atoms with Gasteiger partial charge in [-0.05, 0) is 45.4 Å². The van der Waals surface area contributed by atoms with E-state index in [9.17, 15) is 13.2 Å². The van der Waals surface area contributed by atoms with Gasteiger partial charge in [0.05, 0.1) is 5.92 Å². The number of aromatic nitrogens is 1. The molecule has 2 heterocycles. The Bertz CT molecular complexity index is 722. The van der Waals surface area contributed by atoms with E-state index in [0.29, 0.717) is 37.5 Å². The third kappa shape index (κ3) is 3.88. The lowest BCUT2D eigenvalue weighted by molar-refractivity contribution is -0.126. The Balaban J connectivity index is 1.65. The molecule has 25 heavy (non-hydrogen) atoms. The number of nitrogens with one attached hydrogen (secondary N) is 1. The van der Waals surface area contributed by atoms with Gasteiger partial charge in [-0.2, -0.15) is 4.31 Å². The molecule has 1 aliphatic carbocycles. The van der Waals surface area contributed by atoms with E-state index in [2.05, 4.69) is 10.5 Å². The van der Waals surface area contributed by atoms with Gasteiger partial charge in [0, 0.05) is 25.7 Å². The Kier molecular flexibility index (Phi) is 5.17. The van der Waals surface area contributed by atoms with Gasteiger partial charge in [0.15, 0.2) is 5.76 Å². The average molecular weight is 370 g/mol. The van der Waals surface area contributed by atoms with E-state index in [1.165, 1.54) is 4.31 Å². The molecular formula is C16H26N4O4S. The molecule has 2 atom stereocenters. The minimum absolute atomic E-state index is 0.00493. The number of sulfonamides is 1. The first-order chi connectivity index (χ1) is 11.8. The standard InChI is InChI=1S/C16H26N4O4S/c1-10-15(11(2)24-19-10)25(22,23)20-7-3-4-13(9-20)16(21)18-8-14(17)12-5-6-12/h12-14H,3-9,17H2,1-2H3,(H,18,21). The Morgan fingerprint density at radius 1 is 1.40 bits per heavy atom. The Hall–Kier alpha value is -1.45. The maximum Gasteiger partial charge on any atom is 0.248 e. The van der Waals surface area contributed by atoms with Crippen LogP contribution in [0.2, 0.25) is 0 Å². The summed E-state index contributed by atoms with van der Waals surface area (Å²) >= 11 is 0. The smallest absolute Gasteiger partial charge is 0.248 e. The SMILES string of the molecule is Cc1noc(C)c1S(=O)(=O)N1CCCC(C(=O)NCC(N)C2CC2)C1. The number of nitrogens with zero attached hydrogens (tertiary/aromatic N) is 2. The van der Waals surface area contributed by atoms with E-state index in [1.807, 2.05) is 0 Å². The lowest BCUT2D eigenvalue weighted by atomic mass is 9.98. The number of hydrogen-bond acceptors (Lipinski definition) is 6. The number of carbonyl (C=O) groups is 1. The number of rotatable bonds is 6. The minimum Gasteiger partial charge on any atom is -0.360 e. The van der Waals surface area contributed by atoms with Gasteiger partial charge in [-0.25, -0.2) is 8.42 Å². The molecule has 2 unspecified atom stereocenters. The van der Waals surface area contributed by atoms with Crippen molar-refractivity contribution in [1.82, 2.24) is 14.8 Å². The van der Waals surface area contributed by atoms with Crippen molar-refractivity contribution in [2.45, 2.75) is 50.5 Å². The van der Waals surface area contributed by atoms with E-state index in [0.717, 1.165) is 12.8 Å². The van der Waals surface area contributed by atoms with Crippen molar-refractivity contribution in [3.05, 3.63) is 11.5 Å². The monoisotopic (exact) mass is 370 g/mol. The predicted molar refractivity (Wildman–Crippen MR) is 91.2 cm³/mol. The van der Waals surface area contributed by atoms with Crippen LogP contribution in [-0.2, 0) is 14.8 Å².